The van der Waals surface area contributed by atoms with E-state index < -0.39 is 64.1 Å². The molecular formula is C27H36N4O7. The van der Waals surface area contributed by atoms with E-state index in [4.69, 9.17) is 5.73 Å². The third-order valence-electron chi connectivity index (χ3n) is 8.24. The molecule has 0 heterocycles. The van der Waals surface area contributed by atoms with Gasteiger partial charge in [0, 0.05) is 39.5 Å². The molecule has 0 spiro atoms. The van der Waals surface area contributed by atoms with Crippen LogP contribution in [0.3, 0.4) is 0 Å². The van der Waals surface area contributed by atoms with E-state index in [0.717, 1.165) is 0 Å². The number of carbonyl (C=O) groups is 3. The van der Waals surface area contributed by atoms with E-state index in [1.165, 1.54) is 11.8 Å². The van der Waals surface area contributed by atoms with Gasteiger partial charge in [0.25, 0.3) is 11.8 Å². The van der Waals surface area contributed by atoms with E-state index in [1.54, 1.807) is 58.2 Å². The number of aliphatic hydroxyl groups excluding tert-OH is 2. The first-order valence-corrected chi connectivity index (χ1v) is 12.4. The molecule has 5 atom stereocenters. The smallest absolute Gasteiger partial charge is 0.257 e. The number of likely N-dealkylation sites (N-methyl/N-ethyl adjacent to an activating group) is 1. The van der Waals surface area contributed by atoms with Crippen LogP contribution in [-0.2, 0) is 16.0 Å². The van der Waals surface area contributed by atoms with Crippen molar-refractivity contribution in [3.05, 3.63) is 39.7 Å². The number of hydrogen-bond donors (Lipinski definition) is 5. The van der Waals surface area contributed by atoms with Gasteiger partial charge in [-0.05, 0) is 57.3 Å². The first kappa shape index (κ1) is 27.5. The number of phenolic OH excluding ortho intramolecular Hbond substituents is 1. The van der Waals surface area contributed by atoms with Gasteiger partial charge in [-0.1, -0.05) is 0 Å². The quantitative estimate of drug-likeness (QED) is 0.380. The second-order valence-electron chi connectivity index (χ2n) is 11.3. The minimum atomic E-state index is -2.09. The standard InChI is InChI=1S/C27H36N4O7/c1-27(38)18-13(20(30(4)5)24(35)19(27)25(28)36)9-11-8-12-15(29(2)3)10-14(26(37)31(6)7)21(32)17(12)22(33)16(11)23(18)34/h10-11,13,18,20,32-33,35,38H,8-9H2,1-7H3,(H2,28,36). The van der Waals surface area contributed by atoms with E-state index in [9.17, 15) is 34.8 Å². The van der Waals surface area contributed by atoms with Crippen molar-refractivity contribution in [2.75, 3.05) is 47.2 Å². The molecule has 0 aliphatic heterocycles. The third kappa shape index (κ3) is 3.75. The number of benzene rings is 1. The SMILES string of the molecule is CN(C)C(=O)c1cc(N(C)C)c2c(c1O)C(O)=C1C(=O)C3C(CC1C2)C(N(C)C)C(O)=C(C(N)=O)C3(C)O. The lowest BCUT2D eigenvalue weighted by Crippen LogP contribution is -2.61. The number of Topliss-reactive ketones (excluding diaryl/α,β-unsaturated/α-hetero) is 1. The summed E-state index contributed by atoms with van der Waals surface area (Å²) in [6.07, 6.45) is 0.576. The number of amides is 2. The minimum absolute atomic E-state index is 0.00701. The molecule has 5 unspecified atom stereocenters. The Morgan fingerprint density at radius 3 is 2.18 bits per heavy atom. The van der Waals surface area contributed by atoms with Crippen LogP contribution in [0.25, 0.3) is 5.76 Å². The maximum atomic E-state index is 14.1. The fourth-order valence-electron chi connectivity index (χ4n) is 6.74. The Morgan fingerprint density at radius 1 is 1.08 bits per heavy atom. The number of carbonyl (C=O) groups excluding carboxylic acids is 3. The highest BCUT2D eigenvalue weighted by Crippen LogP contribution is 2.55. The highest BCUT2D eigenvalue weighted by Gasteiger charge is 2.60. The van der Waals surface area contributed by atoms with Gasteiger partial charge in [-0.3, -0.25) is 19.3 Å². The average Bonchev–Trinajstić information content (AvgIpc) is 2.76. The number of rotatable bonds is 4. The minimum Gasteiger partial charge on any atom is -0.510 e. The molecule has 1 saturated carbocycles. The zero-order valence-electron chi connectivity index (χ0n) is 22.7. The molecule has 38 heavy (non-hydrogen) atoms. The van der Waals surface area contributed by atoms with Gasteiger partial charge in [0.1, 0.15) is 22.9 Å². The molecule has 0 aromatic heterocycles. The summed E-state index contributed by atoms with van der Waals surface area (Å²) in [6.45, 7) is 1.27. The molecule has 0 radical (unpaired) electrons. The Kier molecular flexibility index (Phi) is 6.52. The van der Waals surface area contributed by atoms with Gasteiger partial charge in [0.2, 0.25) is 0 Å². The van der Waals surface area contributed by atoms with Crippen LogP contribution in [0.2, 0.25) is 0 Å². The number of anilines is 1. The summed E-state index contributed by atoms with van der Waals surface area (Å²) in [5.41, 5.74) is 4.22. The molecule has 1 aromatic carbocycles. The maximum Gasteiger partial charge on any atom is 0.257 e. The molecule has 4 rings (SSSR count). The van der Waals surface area contributed by atoms with Gasteiger partial charge in [-0.2, -0.15) is 0 Å². The van der Waals surface area contributed by atoms with E-state index >= 15 is 0 Å². The summed E-state index contributed by atoms with van der Waals surface area (Å²) in [7, 11) is 10.0. The van der Waals surface area contributed by atoms with Gasteiger partial charge < -0.3 is 36.0 Å². The predicted molar refractivity (Wildman–Crippen MR) is 141 cm³/mol. The van der Waals surface area contributed by atoms with Crippen LogP contribution in [0.5, 0.6) is 5.75 Å². The number of aliphatic hydroxyl groups is 3. The van der Waals surface area contributed by atoms with Crippen molar-refractivity contribution >= 4 is 29.0 Å². The number of nitrogens with zero attached hydrogens (tertiary/aromatic N) is 3. The Hall–Kier alpha value is -3.57. The van der Waals surface area contributed by atoms with Gasteiger partial charge in [0.05, 0.1) is 28.7 Å². The molecule has 0 bridgehead atoms. The molecule has 0 saturated heterocycles. The van der Waals surface area contributed by atoms with Crippen LogP contribution in [0, 0.1) is 17.8 Å². The van der Waals surface area contributed by atoms with Crippen molar-refractivity contribution in [2.24, 2.45) is 23.5 Å². The molecule has 11 heteroatoms. The van der Waals surface area contributed by atoms with Crippen LogP contribution < -0.4 is 10.6 Å². The van der Waals surface area contributed by atoms with Crippen molar-refractivity contribution in [1.82, 2.24) is 9.80 Å². The first-order chi connectivity index (χ1) is 17.5. The van der Waals surface area contributed by atoms with Crippen LogP contribution in [0.1, 0.15) is 34.8 Å². The van der Waals surface area contributed by atoms with Crippen molar-refractivity contribution in [3.63, 3.8) is 0 Å². The zero-order valence-corrected chi connectivity index (χ0v) is 22.7. The number of ketones is 1. The molecular weight excluding hydrogens is 492 g/mol. The van der Waals surface area contributed by atoms with Gasteiger partial charge in [0.15, 0.2) is 5.78 Å². The Morgan fingerprint density at radius 2 is 1.68 bits per heavy atom. The number of hydrogen-bond acceptors (Lipinski definition) is 9. The van der Waals surface area contributed by atoms with E-state index in [0.29, 0.717) is 17.7 Å². The van der Waals surface area contributed by atoms with E-state index in [1.807, 2.05) is 0 Å². The Labute approximate surface area is 221 Å². The largest absolute Gasteiger partial charge is 0.510 e. The lowest BCUT2D eigenvalue weighted by Gasteiger charge is -2.52. The zero-order chi connectivity index (χ0) is 28.6. The summed E-state index contributed by atoms with van der Waals surface area (Å²) >= 11 is 0. The van der Waals surface area contributed by atoms with E-state index in [-0.39, 0.29) is 28.9 Å². The van der Waals surface area contributed by atoms with E-state index in [2.05, 4.69) is 0 Å². The topological polar surface area (TPSA) is 168 Å². The van der Waals surface area contributed by atoms with Crippen molar-refractivity contribution in [2.45, 2.75) is 31.4 Å². The van der Waals surface area contributed by atoms with Crippen molar-refractivity contribution in [3.8, 4) is 5.75 Å². The Bertz CT molecular complexity index is 1310. The highest BCUT2D eigenvalue weighted by atomic mass is 16.3. The number of aromatic hydroxyl groups is 1. The number of fused-ring (bicyclic) bond motifs is 3. The monoisotopic (exact) mass is 528 g/mol. The maximum absolute atomic E-state index is 14.1. The number of allylic oxidation sites excluding steroid dienone is 1. The van der Waals surface area contributed by atoms with Gasteiger partial charge in [-0.15, -0.1) is 0 Å². The third-order valence-corrected chi connectivity index (χ3v) is 8.24. The number of nitrogens with two attached hydrogens (primary N) is 1. The summed E-state index contributed by atoms with van der Waals surface area (Å²) in [4.78, 5) is 44.0. The number of primary amides is 1. The summed E-state index contributed by atoms with van der Waals surface area (Å²) in [5.74, 6) is -5.63. The molecule has 206 valence electrons. The van der Waals surface area contributed by atoms with Crippen molar-refractivity contribution < 1.29 is 34.8 Å². The predicted octanol–water partition coefficient (Wildman–Crippen LogP) is 0.799. The molecule has 1 aromatic rings. The molecule has 11 nitrogen and oxygen atoms in total. The molecule has 6 N–H and O–H groups in total. The molecule has 3 aliphatic rings. The lowest BCUT2D eigenvalue weighted by atomic mass is 9.55. The number of phenols is 1. The molecule has 3 aliphatic carbocycles. The summed E-state index contributed by atoms with van der Waals surface area (Å²) in [6, 6.07) is 0.808. The van der Waals surface area contributed by atoms with Crippen LogP contribution in [0.15, 0.2) is 23.0 Å². The lowest BCUT2D eigenvalue weighted by molar-refractivity contribution is -0.139. The first-order valence-electron chi connectivity index (χ1n) is 12.4. The van der Waals surface area contributed by atoms with Crippen LogP contribution in [-0.4, -0.2) is 102 Å². The molecule has 1 fully saturated rings. The summed E-state index contributed by atoms with van der Waals surface area (Å²) < 4.78 is 0. The fraction of sp³-hybridized carbons (Fsp3) is 0.519. The average molecular weight is 529 g/mol. The highest BCUT2D eigenvalue weighted by molar-refractivity contribution is 6.09. The fourth-order valence-corrected chi connectivity index (χ4v) is 6.74. The van der Waals surface area contributed by atoms with Crippen LogP contribution >= 0.6 is 0 Å². The van der Waals surface area contributed by atoms with Gasteiger partial charge in [-0.25, -0.2) is 0 Å². The van der Waals surface area contributed by atoms with Gasteiger partial charge >= 0.3 is 0 Å². The molecule has 2 amide bonds. The second-order valence-corrected chi connectivity index (χ2v) is 11.3. The second kappa shape index (κ2) is 9.02. The van der Waals surface area contributed by atoms with Crippen molar-refractivity contribution in [1.29, 1.82) is 0 Å². The van der Waals surface area contributed by atoms with Crippen LogP contribution in [0.4, 0.5) is 5.69 Å². The normalized spacial score (nSPS) is 28.6. The Balaban J connectivity index is 1.98. The summed E-state index contributed by atoms with van der Waals surface area (Å²) in [5, 5.41) is 45.2.